The van der Waals surface area contributed by atoms with Crippen LogP contribution < -0.4 is 10.6 Å². The molecule has 0 aromatic heterocycles. The molecule has 2 amide bonds. The Balaban J connectivity index is 2.61. The third kappa shape index (κ3) is 8.58. The van der Waals surface area contributed by atoms with Crippen molar-refractivity contribution in [1.82, 2.24) is 10.6 Å². The zero-order chi connectivity index (χ0) is 21.5. The Morgan fingerprint density at radius 2 is 1.68 bits per heavy atom. The van der Waals surface area contributed by atoms with Gasteiger partial charge >= 0.3 is 12.1 Å². The van der Waals surface area contributed by atoms with Crippen LogP contribution in [0, 0.1) is 0 Å². The lowest BCUT2D eigenvalue weighted by Gasteiger charge is -2.28. The van der Waals surface area contributed by atoms with E-state index in [1.165, 1.54) is 13.8 Å². The molecule has 0 aliphatic carbocycles. The summed E-state index contributed by atoms with van der Waals surface area (Å²) in [4.78, 5) is 35.8. The molecule has 0 saturated carbocycles. The van der Waals surface area contributed by atoms with E-state index >= 15 is 0 Å². The fourth-order valence-electron chi connectivity index (χ4n) is 2.00. The maximum Gasteiger partial charge on any atom is 0.408 e. The number of amides is 2. The number of ether oxygens (including phenoxy) is 2. The second-order valence-electron chi connectivity index (χ2n) is 7.76. The predicted octanol–water partition coefficient (Wildman–Crippen LogP) is 2.73. The lowest BCUT2D eigenvalue weighted by molar-refractivity contribution is -0.144. The molecule has 28 heavy (non-hydrogen) atoms. The van der Waals surface area contributed by atoms with Gasteiger partial charge in [0.05, 0.1) is 13.2 Å². The van der Waals surface area contributed by atoms with Crippen molar-refractivity contribution in [3.63, 3.8) is 0 Å². The highest BCUT2D eigenvalue weighted by atomic mass is 35.5. The van der Waals surface area contributed by atoms with Gasteiger partial charge in [0, 0.05) is 5.02 Å². The molecule has 1 atom stereocenters. The van der Waals surface area contributed by atoms with Crippen LogP contribution in [0.2, 0.25) is 5.02 Å². The third-order valence-corrected chi connectivity index (χ3v) is 3.70. The van der Waals surface area contributed by atoms with Crippen LogP contribution in [0.25, 0.3) is 0 Å². The number of carbonyl (C=O) groups excluding carboxylic acids is 2. The molecule has 1 aromatic carbocycles. The average Bonchev–Trinajstić information content (AvgIpc) is 2.52. The van der Waals surface area contributed by atoms with Gasteiger partial charge in [0.25, 0.3) is 0 Å². The summed E-state index contributed by atoms with van der Waals surface area (Å²) in [5.74, 6) is -1.93. The van der Waals surface area contributed by atoms with Crippen molar-refractivity contribution in [1.29, 1.82) is 0 Å². The molecule has 3 N–H and O–H groups in total. The van der Waals surface area contributed by atoms with Gasteiger partial charge in [-0.15, -0.1) is 0 Å². The van der Waals surface area contributed by atoms with Gasteiger partial charge in [0.2, 0.25) is 5.91 Å². The smallest absolute Gasteiger partial charge is 0.408 e. The fourth-order valence-corrected chi connectivity index (χ4v) is 2.13. The van der Waals surface area contributed by atoms with Gasteiger partial charge in [0.1, 0.15) is 11.1 Å². The lowest BCUT2D eigenvalue weighted by Crippen LogP contribution is -2.59. The van der Waals surface area contributed by atoms with E-state index in [9.17, 15) is 19.5 Å². The molecular weight excluding hydrogens is 388 g/mol. The van der Waals surface area contributed by atoms with Crippen LogP contribution >= 0.6 is 11.6 Å². The first kappa shape index (κ1) is 23.7. The van der Waals surface area contributed by atoms with Crippen molar-refractivity contribution in [2.45, 2.75) is 58.4 Å². The van der Waals surface area contributed by atoms with E-state index in [1.54, 1.807) is 45.0 Å². The van der Waals surface area contributed by atoms with Crippen LogP contribution in [-0.2, 0) is 25.7 Å². The Hall–Kier alpha value is -2.32. The average molecular weight is 415 g/mol. The summed E-state index contributed by atoms with van der Waals surface area (Å²) in [7, 11) is 0. The molecule has 8 nitrogen and oxygen atoms in total. The van der Waals surface area contributed by atoms with Gasteiger partial charge < -0.3 is 25.2 Å². The number of rotatable bonds is 8. The number of nitrogens with one attached hydrogen (secondary N) is 2. The summed E-state index contributed by atoms with van der Waals surface area (Å²) in [5, 5.41) is 14.7. The molecule has 0 fully saturated rings. The minimum absolute atomic E-state index is 0.163. The van der Waals surface area contributed by atoms with E-state index in [2.05, 4.69) is 10.6 Å². The summed E-state index contributed by atoms with van der Waals surface area (Å²) in [6.07, 6.45) is -0.779. The number of carboxylic acid groups (broad SMARTS) is 1. The molecule has 0 bridgehead atoms. The van der Waals surface area contributed by atoms with Crippen LogP contribution in [0.1, 0.15) is 40.2 Å². The highest BCUT2D eigenvalue weighted by Gasteiger charge is 2.34. The van der Waals surface area contributed by atoms with E-state index in [0.29, 0.717) is 5.02 Å². The number of alkyl carbamates (subject to hydrolysis) is 1. The van der Waals surface area contributed by atoms with E-state index < -0.39 is 35.2 Å². The number of aliphatic carboxylic acids is 1. The van der Waals surface area contributed by atoms with Crippen LogP contribution in [-0.4, -0.2) is 46.9 Å². The van der Waals surface area contributed by atoms with E-state index in [-0.39, 0.29) is 13.2 Å². The summed E-state index contributed by atoms with van der Waals surface area (Å²) in [6, 6.07) is 5.62. The Bertz CT molecular complexity index is 697. The second-order valence-corrected chi connectivity index (χ2v) is 8.19. The van der Waals surface area contributed by atoms with Crippen molar-refractivity contribution in [3.05, 3.63) is 34.9 Å². The normalized spacial score (nSPS) is 12.8. The number of carboxylic acids is 1. The number of carbonyl (C=O) groups is 3. The van der Waals surface area contributed by atoms with Gasteiger partial charge in [-0.2, -0.15) is 0 Å². The van der Waals surface area contributed by atoms with E-state index in [0.717, 1.165) is 5.56 Å². The Labute approximate surface area is 169 Å². The van der Waals surface area contributed by atoms with Crippen molar-refractivity contribution in [2.75, 3.05) is 6.61 Å². The molecule has 0 heterocycles. The number of benzene rings is 1. The van der Waals surface area contributed by atoms with E-state index in [4.69, 9.17) is 21.1 Å². The van der Waals surface area contributed by atoms with Gasteiger partial charge in [-0.3, -0.25) is 4.79 Å². The molecule has 1 aromatic rings. The SMILES string of the molecule is CC(C)(C)OC(=O)NC(C)(C)C(=O)N[C@H](COCc1ccc(Cl)cc1)C(=O)O. The Morgan fingerprint density at radius 3 is 2.18 bits per heavy atom. The minimum Gasteiger partial charge on any atom is -0.480 e. The van der Waals surface area contributed by atoms with Crippen molar-refractivity contribution >= 4 is 29.6 Å². The van der Waals surface area contributed by atoms with Crippen LogP contribution in [0.4, 0.5) is 4.79 Å². The third-order valence-electron chi connectivity index (χ3n) is 3.45. The molecule has 0 aliphatic rings. The summed E-state index contributed by atoms with van der Waals surface area (Å²) < 4.78 is 10.5. The molecule has 9 heteroatoms. The maximum atomic E-state index is 12.4. The molecule has 0 saturated heterocycles. The molecular formula is C19H27ClN2O6. The molecule has 1 rings (SSSR count). The standard InChI is InChI=1S/C19H27ClN2O6/c1-18(2,3)28-17(26)22-19(4,5)16(25)21-14(15(23)24)11-27-10-12-6-8-13(20)9-7-12/h6-9,14H,10-11H2,1-5H3,(H,21,25)(H,22,26)(H,23,24)/t14-/m1/s1. The van der Waals surface area contributed by atoms with Crippen molar-refractivity contribution < 1.29 is 29.0 Å². The zero-order valence-corrected chi connectivity index (χ0v) is 17.4. The van der Waals surface area contributed by atoms with E-state index in [1.807, 2.05) is 0 Å². The number of hydrogen-bond acceptors (Lipinski definition) is 5. The lowest BCUT2D eigenvalue weighted by atomic mass is 10.0. The van der Waals surface area contributed by atoms with Gasteiger partial charge in [-0.1, -0.05) is 23.7 Å². The van der Waals surface area contributed by atoms with Crippen LogP contribution in [0.5, 0.6) is 0 Å². The molecule has 156 valence electrons. The van der Waals surface area contributed by atoms with Crippen molar-refractivity contribution in [3.8, 4) is 0 Å². The first-order valence-corrected chi connectivity index (χ1v) is 9.05. The fraction of sp³-hybridized carbons (Fsp3) is 0.526. The maximum absolute atomic E-state index is 12.4. The van der Waals surface area contributed by atoms with Crippen LogP contribution in [0.3, 0.4) is 0 Å². The molecule has 0 unspecified atom stereocenters. The predicted molar refractivity (Wildman–Crippen MR) is 104 cm³/mol. The highest BCUT2D eigenvalue weighted by molar-refractivity contribution is 6.30. The minimum atomic E-state index is -1.38. The Morgan fingerprint density at radius 1 is 1.11 bits per heavy atom. The summed E-state index contributed by atoms with van der Waals surface area (Å²) >= 11 is 5.80. The van der Waals surface area contributed by atoms with Crippen molar-refractivity contribution in [2.24, 2.45) is 0 Å². The zero-order valence-electron chi connectivity index (χ0n) is 16.7. The largest absolute Gasteiger partial charge is 0.480 e. The molecule has 0 spiro atoms. The van der Waals surface area contributed by atoms with Gasteiger partial charge in [0.15, 0.2) is 6.04 Å². The highest BCUT2D eigenvalue weighted by Crippen LogP contribution is 2.11. The summed E-state index contributed by atoms with van der Waals surface area (Å²) in [5.41, 5.74) is -1.30. The quantitative estimate of drug-likeness (QED) is 0.602. The summed E-state index contributed by atoms with van der Waals surface area (Å²) in [6.45, 7) is 7.89. The molecule has 0 aliphatic heterocycles. The number of hydrogen-bond donors (Lipinski definition) is 3. The Kier molecular flexibility index (Phi) is 8.26. The van der Waals surface area contributed by atoms with Crippen LogP contribution in [0.15, 0.2) is 24.3 Å². The monoisotopic (exact) mass is 414 g/mol. The second kappa shape index (κ2) is 9.75. The van der Waals surface area contributed by atoms with Gasteiger partial charge in [-0.05, 0) is 52.3 Å². The first-order valence-electron chi connectivity index (χ1n) is 8.67. The molecule has 0 radical (unpaired) electrons. The first-order chi connectivity index (χ1) is 12.8. The number of halogens is 1. The van der Waals surface area contributed by atoms with Gasteiger partial charge in [-0.25, -0.2) is 9.59 Å². The topological polar surface area (TPSA) is 114 Å².